The van der Waals surface area contributed by atoms with E-state index in [0.29, 0.717) is 5.54 Å². The van der Waals surface area contributed by atoms with Crippen LogP contribution in [0.5, 0.6) is 0 Å². The van der Waals surface area contributed by atoms with Crippen LogP contribution in [0, 0.1) is 11.8 Å². The lowest BCUT2D eigenvalue weighted by molar-refractivity contribution is 0.0555. The van der Waals surface area contributed by atoms with Crippen LogP contribution in [0.4, 0.5) is 0 Å². The Morgan fingerprint density at radius 2 is 1.18 bits per heavy atom. The standard InChI is InChI=1S/C15H30N2/c1-15(2,3)17-11-7-14(8-12-17)13-5-9-16(4)10-6-13/h13-14H,5-12H2,1-4H3. The second-order valence-corrected chi connectivity index (χ2v) is 7.14. The zero-order valence-electron chi connectivity index (χ0n) is 12.2. The summed E-state index contributed by atoms with van der Waals surface area (Å²) in [5.41, 5.74) is 0.373. The van der Waals surface area contributed by atoms with Gasteiger partial charge in [-0.05, 0) is 91.5 Å². The molecule has 0 radical (unpaired) electrons. The molecule has 0 N–H and O–H groups in total. The van der Waals surface area contributed by atoms with Crippen molar-refractivity contribution in [3.8, 4) is 0 Å². The second-order valence-electron chi connectivity index (χ2n) is 7.14. The first-order chi connectivity index (χ1) is 7.97. The van der Waals surface area contributed by atoms with Gasteiger partial charge < -0.3 is 4.90 Å². The molecule has 2 rings (SSSR count). The van der Waals surface area contributed by atoms with Crippen LogP contribution in [0.25, 0.3) is 0 Å². The Balaban J connectivity index is 1.79. The van der Waals surface area contributed by atoms with E-state index in [-0.39, 0.29) is 0 Å². The highest BCUT2D eigenvalue weighted by Crippen LogP contribution is 2.33. The van der Waals surface area contributed by atoms with Gasteiger partial charge in [0, 0.05) is 5.54 Å². The molecule has 0 aliphatic carbocycles. The van der Waals surface area contributed by atoms with Crippen LogP contribution in [0.15, 0.2) is 0 Å². The zero-order valence-corrected chi connectivity index (χ0v) is 12.2. The van der Waals surface area contributed by atoms with Crippen LogP contribution in [0.3, 0.4) is 0 Å². The molecule has 0 unspecified atom stereocenters. The summed E-state index contributed by atoms with van der Waals surface area (Å²) in [6.45, 7) is 12.3. The van der Waals surface area contributed by atoms with Gasteiger partial charge in [-0.2, -0.15) is 0 Å². The van der Waals surface area contributed by atoms with Crippen LogP contribution in [-0.4, -0.2) is 48.6 Å². The minimum Gasteiger partial charge on any atom is -0.306 e. The van der Waals surface area contributed by atoms with Crippen molar-refractivity contribution < 1.29 is 0 Å². The summed E-state index contributed by atoms with van der Waals surface area (Å²) in [5, 5.41) is 0. The molecule has 17 heavy (non-hydrogen) atoms. The maximum atomic E-state index is 2.67. The summed E-state index contributed by atoms with van der Waals surface area (Å²) >= 11 is 0. The highest BCUT2D eigenvalue weighted by molar-refractivity contribution is 4.85. The fraction of sp³-hybridized carbons (Fsp3) is 1.00. The fourth-order valence-electron chi connectivity index (χ4n) is 3.54. The third-order valence-electron chi connectivity index (χ3n) is 4.92. The molecule has 100 valence electrons. The monoisotopic (exact) mass is 238 g/mol. The van der Waals surface area contributed by atoms with Gasteiger partial charge in [0.15, 0.2) is 0 Å². The lowest BCUT2D eigenvalue weighted by Crippen LogP contribution is -2.47. The van der Waals surface area contributed by atoms with Crippen LogP contribution in [0.2, 0.25) is 0 Å². The first-order valence-electron chi connectivity index (χ1n) is 7.40. The molecule has 2 aliphatic rings. The van der Waals surface area contributed by atoms with Crippen LogP contribution < -0.4 is 0 Å². The first-order valence-corrected chi connectivity index (χ1v) is 7.40. The van der Waals surface area contributed by atoms with Crippen molar-refractivity contribution in [2.75, 3.05) is 33.2 Å². The molecule has 0 bridgehead atoms. The largest absolute Gasteiger partial charge is 0.306 e. The van der Waals surface area contributed by atoms with Gasteiger partial charge in [-0.25, -0.2) is 0 Å². The number of likely N-dealkylation sites (tertiary alicyclic amines) is 2. The van der Waals surface area contributed by atoms with Crippen LogP contribution in [-0.2, 0) is 0 Å². The Morgan fingerprint density at radius 3 is 1.59 bits per heavy atom. The number of rotatable bonds is 1. The molecule has 0 spiro atoms. The van der Waals surface area contributed by atoms with Crippen LogP contribution in [0.1, 0.15) is 46.5 Å². The van der Waals surface area contributed by atoms with Gasteiger partial charge in [0.1, 0.15) is 0 Å². The van der Waals surface area contributed by atoms with E-state index in [9.17, 15) is 0 Å². The highest BCUT2D eigenvalue weighted by atomic mass is 15.2. The Hall–Kier alpha value is -0.0800. The Bertz CT molecular complexity index is 228. The SMILES string of the molecule is CN1CCC(C2CCN(C(C)(C)C)CC2)CC1. The molecule has 2 heterocycles. The molecular weight excluding hydrogens is 208 g/mol. The summed E-state index contributed by atoms with van der Waals surface area (Å²) in [4.78, 5) is 5.15. The van der Waals surface area contributed by atoms with Crippen molar-refractivity contribution in [1.82, 2.24) is 9.80 Å². The molecule has 2 heteroatoms. The van der Waals surface area contributed by atoms with E-state index in [0.717, 1.165) is 11.8 Å². The molecule has 2 saturated heterocycles. The van der Waals surface area contributed by atoms with E-state index in [4.69, 9.17) is 0 Å². The van der Waals surface area contributed by atoms with Gasteiger partial charge >= 0.3 is 0 Å². The topological polar surface area (TPSA) is 6.48 Å². The van der Waals surface area contributed by atoms with Gasteiger partial charge in [0.2, 0.25) is 0 Å². The molecule has 2 aliphatic heterocycles. The van der Waals surface area contributed by atoms with Crippen molar-refractivity contribution in [2.24, 2.45) is 11.8 Å². The second kappa shape index (κ2) is 5.27. The number of piperidine rings is 2. The minimum absolute atomic E-state index is 0.373. The quantitative estimate of drug-likeness (QED) is 0.693. The van der Waals surface area contributed by atoms with Crippen molar-refractivity contribution in [3.63, 3.8) is 0 Å². The zero-order chi connectivity index (χ0) is 12.5. The highest BCUT2D eigenvalue weighted by Gasteiger charge is 2.31. The summed E-state index contributed by atoms with van der Waals surface area (Å²) < 4.78 is 0. The minimum atomic E-state index is 0.373. The van der Waals surface area contributed by atoms with E-state index in [2.05, 4.69) is 37.6 Å². The summed E-state index contributed by atoms with van der Waals surface area (Å²) in [5.74, 6) is 2.04. The molecule has 0 aromatic rings. The van der Waals surface area contributed by atoms with Crippen molar-refractivity contribution >= 4 is 0 Å². The maximum absolute atomic E-state index is 2.67. The van der Waals surface area contributed by atoms with Gasteiger partial charge in [-0.15, -0.1) is 0 Å². The van der Waals surface area contributed by atoms with E-state index < -0.39 is 0 Å². The Morgan fingerprint density at radius 1 is 0.765 bits per heavy atom. The van der Waals surface area contributed by atoms with E-state index in [1.54, 1.807) is 0 Å². The molecule has 0 aromatic carbocycles. The Labute approximate surface area is 107 Å². The van der Waals surface area contributed by atoms with E-state index in [1.807, 2.05) is 0 Å². The molecule has 2 fully saturated rings. The lowest BCUT2D eigenvalue weighted by Gasteiger charge is -2.44. The average molecular weight is 238 g/mol. The normalized spacial score (nSPS) is 27.5. The van der Waals surface area contributed by atoms with Crippen molar-refractivity contribution in [2.45, 2.75) is 52.0 Å². The van der Waals surface area contributed by atoms with E-state index in [1.165, 1.54) is 51.9 Å². The van der Waals surface area contributed by atoms with Crippen LogP contribution >= 0.6 is 0 Å². The predicted octanol–water partition coefficient (Wildman–Crippen LogP) is 2.84. The van der Waals surface area contributed by atoms with Gasteiger partial charge in [-0.1, -0.05) is 0 Å². The fourth-order valence-corrected chi connectivity index (χ4v) is 3.54. The number of nitrogens with zero attached hydrogens (tertiary/aromatic N) is 2. The molecular formula is C15H30N2. The summed E-state index contributed by atoms with van der Waals surface area (Å²) in [7, 11) is 2.26. The van der Waals surface area contributed by atoms with Gasteiger partial charge in [0.25, 0.3) is 0 Å². The molecule has 0 atom stereocenters. The number of hydrogen-bond donors (Lipinski definition) is 0. The number of hydrogen-bond acceptors (Lipinski definition) is 2. The van der Waals surface area contributed by atoms with Crippen molar-refractivity contribution in [3.05, 3.63) is 0 Å². The summed E-state index contributed by atoms with van der Waals surface area (Å²) in [6, 6.07) is 0. The molecule has 2 nitrogen and oxygen atoms in total. The summed E-state index contributed by atoms with van der Waals surface area (Å²) in [6.07, 6.45) is 5.75. The average Bonchev–Trinajstić information content (AvgIpc) is 2.29. The Kier molecular flexibility index (Phi) is 4.14. The molecule has 0 aromatic heterocycles. The smallest absolute Gasteiger partial charge is 0.0125 e. The lowest BCUT2D eigenvalue weighted by atomic mass is 9.78. The van der Waals surface area contributed by atoms with Gasteiger partial charge in [0.05, 0.1) is 0 Å². The van der Waals surface area contributed by atoms with Gasteiger partial charge in [-0.3, -0.25) is 4.90 Å². The van der Waals surface area contributed by atoms with E-state index >= 15 is 0 Å². The third kappa shape index (κ3) is 3.45. The molecule has 0 saturated carbocycles. The maximum Gasteiger partial charge on any atom is 0.0125 e. The van der Waals surface area contributed by atoms with Crippen molar-refractivity contribution in [1.29, 1.82) is 0 Å². The molecule has 0 amide bonds. The third-order valence-corrected chi connectivity index (χ3v) is 4.92. The predicted molar refractivity (Wildman–Crippen MR) is 74.3 cm³/mol. The first kappa shape index (κ1) is 13.4.